The van der Waals surface area contributed by atoms with Crippen LogP contribution in [-0.4, -0.2) is 21.3 Å². The van der Waals surface area contributed by atoms with Gasteiger partial charge in [0.25, 0.3) is 0 Å². The van der Waals surface area contributed by atoms with Crippen molar-refractivity contribution >= 4 is 21.6 Å². The second-order valence-corrected chi connectivity index (χ2v) is 5.29. The van der Waals surface area contributed by atoms with Crippen LogP contribution in [0.5, 0.6) is 17.2 Å². The second-order valence-electron chi connectivity index (χ2n) is 4.38. The summed E-state index contributed by atoms with van der Waals surface area (Å²) in [6.45, 7) is 0.604. The standard InChI is InChI=1S/C16H18BrNO3/c1-19-13-5-7-15(20-2)11(8-13)10-18-14-9-12(17)4-6-16(14)21-3/h4-9,18H,10H2,1-3H3. The van der Waals surface area contributed by atoms with Crippen LogP contribution in [0.4, 0.5) is 5.69 Å². The van der Waals surface area contributed by atoms with Gasteiger partial charge in [-0.25, -0.2) is 0 Å². The maximum atomic E-state index is 5.38. The summed E-state index contributed by atoms with van der Waals surface area (Å²) in [5, 5.41) is 3.36. The van der Waals surface area contributed by atoms with E-state index in [4.69, 9.17) is 14.2 Å². The zero-order valence-corrected chi connectivity index (χ0v) is 13.9. The fraction of sp³-hybridized carbons (Fsp3) is 0.250. The first-order valence-electron chi connectivity index (χ1n) is 6.46. The first-order chi connectivity index (χ1) is 10.2. The van der Waals surface area contributed by atoms with Crippen molar-refractivity contribution in [1.29, 1.82) is 0 Å². The minimum absolute atomic E-state index is 0.604. The third kappa shape index (κ3) is 3.82. The number of anilines is 1. The van der Waals surface area contributed by atoms with Crippen LogP contribution in [-0.2, 0) is 6.54 Å². The van der Waals surface area contributed by atoms with E-state index in [2.05, 4.69) is 21.2 Å². The van der Waals surface area contributed by atoms with Gasteiger partial charge in [-0.15, -0.1) is 0 Å². The van der Waals surface area contributed by atoms with E-state index in [1.807, 2.05) is 36.4 Å². The van der Waals surface area contributed by atoms with Gasteiger partial charge in [0.1, 0.15) is 17.2 Å². The topological polar surface area (TPSA) is 39.7 Å². The molecule has 5 heteroatoms. The minimum atomic E-state index is 0.604. The smallest absolute Gasteiger partial charge is 0.142 e. The number of halogens is 1. The Balaban J connectivity index is 2.21. The maximum absolute atomic E-state index is 5.38. The van der Waals surface area contributed by atoms with Gasteiger partial charge in [0.05, 0.1) is 27.0 Å². The number of nitrogens with one attached hydrogen (secondary N) is 1. The Morgan fingerprint density at radius 3 is 2.29 bits per heavy atom. The lowest BCUT2D eigenvalue weighted by Gasteiger charge is -2.14. The third-order valence-electron chi connectivity index (χ3n) is 3.12. The van der Waals surface area contributed by atoms with Crippen LogP contribution in [0, 0.1) is 0 Å². The SMILES string of the molecule is COc1ccc(OC)c(CNc2cc(Br)ccc2OC)c1. The molecule has 0 saturated carbocycles. The van der Waals surface area contributed by atoms with Crippen molar-refractivity contribution in [3.63, 3.8) is 0 Å². The average molecular weight is 352 g/mol. The summed E-state index contributed by atoms with van der Waals surface area (Å²) in [4.78, 5) is 0. The van der Waals surface area contributed by atoms with Crippen molar-refractivity contribution in [2.45, 2.75) is 6.54 Å². The summed E-state index contributed by atoms with van der Waals surface area (Å²) in [5.41, 5.74) is 1.93. The van der Waals surface area contributed by atoms with Crippen molar-refractivity contribution in [1.82, 2.24) is 0 Å². The third-order valence-corrected chi connectivity index (χ3v) is 3.61. The summed E-state index contributed by atoms with van der Waals surface area (Å²) in [6, 6.07) is 11.6. The maximum Gasteiger partial charge on any atom is 0.142 e. The van der Waals surface area contributed by atoms with Gasteiger partial charge in [0.15, 0.2) is 0 Å². The van der Waals surface area contributed by atoms with Crippen molar-refractivity contribution < 1.29 is 14.2 Å². The fourth-order valence-electron chi connectivity index (χ4n) is 2.03. The quantitative estimate of drug-likeness (QED) is 0.850. The molecular weight excluding hydrogens is 334 g/mol. The van der Waals surface area contributed by atoms with E-state index in [0.717, 1.165) is 33.0 Å². The van der Waals surface area contributed by atoms with Crippen molar-refractivity contribution in [2.75, 3.05) is 26.6 Å². The van der Waals surface area contributed by atoms with E-state index in [1.165, 1.54) is 0 Å². The molecule has 112 valence electrons. The van der Waals surface area contributed by atoms with Gasteiger partial charge in [-0.2, -0.15) is 0 Å². The molecule has 2 aromatic rings. The zero-order chi connectivity index (χ0) is 15.2. The Bertz CT molecular complexity index is 616. The molecular formula is C16H18BrNO3. The first kappa shape index (κ1) is 15.5. The fourth-order valence-corrected chi connectivity index (χ4v) is 2.39. The van der Waals surface area contributed by atoms with Crippen LogP contribution in [0.15, 0.2) is 40.9 Å². The van der Waals surface area contributed by atoms with Crippen molar-refractivity contribution in [3.8, 4) is 17.2 Å². The van der Waals surface area contributed by atoms with Crippen LogP contribution in [0.1, 0.15) is 5.56 Å². The number of hydrogen-bond donors (Lipinski definition) is 1. The Kier molecular flexibility index (Phi) is 5.33. The van der Waals surface area contributed by atoms with Gasteiger partial charge in [-0.3, -0.25) is 0 Å². The molecule has 2 aromatic carbocycles. The summed E-state index contributed by atoms with van der Waals surface area (Å²) < 4.78 is 17.0. The molecule has 0 fully saturated rings. The lowest BCUT2D eigenvalue weighted by Crippen LogP contribution is -2.03. The molecule has 0 saturated heterocycles. The van der Waals surface area contributed by atoms with Gasteiger partial charge in [-0.1, -0.05) is 15.9 Å². The van der Waals surface area contributed by atoms with Crippen LogP contribution >= 0.6 is 15.9 Å². The first-order valence-corrected chi connectivity index (χ1v) is 7.25. The summed E-state index contributed by atoms with van der Waals surface area (Å²) >= 11 is 3.46. The van der Waals surface area contributed by atoms with Gasteiger partial charge in [-0.05, 0) is 36.4 Å². The second kappa shape index (κ2) is 7.22. The summed E-state index contributed by atoms with van der Waals surface area (Å²) in [5.74, 6) is 2.41. The molecule has 0 aromatic heterocycles. The largest absolute Gasteiger partial charge is 0.497 e. The number of benzene rings is 2. The lowest BCUT2D eigenvalue weighted by atomic mass is 10.1. The Morgan fingerprint density at radius 1 is 0.905 bits per heavy atom. The minimum Gasteiger partial charge on any atom is -0.497 e. The van der Waals surface area contributed by atoms with Crippen molar-refractivity contribution in [3.05, 3.63) is 46.4 Å². The molecule has 0 bridgehead atoms. The van der Waals surface area contributed by atoms with E-state index < -0.39 is 0 Å². The average Bonchev–Trinajstić information content (AvgIpc) is 2.52. The molecule has 0 aliphatic heterocycles. The highest BCUT2D eigenvalue weighted by Gasteiger charge is 2.08. The molecule has 0 amide bonds. The molecule has 0 heterocycles. The molecule has 0 unspecified atom stereocenters. The Labute approximate surface area is 133 Å². The van der Waals surface area contributed by atoms with Gasteiger partial charge < -0.3 is 19.5 Å². The van der Waals surface area contributed by atoms with Crippen LogP contribution in [0.3, 0.4) is 0 Å². The van der Waals surface area contributed by atoms with Crippen LogP contribution in [0.25, 0.3) is 0 Å². The van der Waals surface area contributed by atoms with Crippen LogP contribution < -0.4 is 19.5 Å². The molecule has 4 nitrogen and oxygen atoms in total. The number of rotatable bonds is 6. The van der Waals surface area contributed by atoms with Gasteiger partial charge in [0, 0.05) is 16.6 Å². The van der Waals surface area contributed by atoms with E-state index in [-0.39, 0.29) is 0 Å². The molecule has 0 spiro atoms. The van der Waals surface area contributed by atoms with Gasteiger partial charge >= 0.3 is 0 Å². The molecule has 0 atom stereocenters. The molecule has 1 N–H and O–H groups in total. The van der Waals surface area contributed by atoms with Crippen molar-refractivity contribution in [2.24, 2.45) is 0 Å². The summed E-state index contributed by atoms with van der Waals surface area (Å²) in [6.07, 6.45) is 0. The normalized spacial score (nSPS) is 10.1. The predicted octanol–water partition coefficient (Wildman–Crippen LogP) is 4.09. The Morgan fingerprint density at radius 2 is 1.62 bits per heavy atom. The lowest BCUT2D eigenvalue weighted by molar-refractivity contribution is 0.399. The zero-order valence-electron chi connectivity index (χ0n) is 12.3. The predicted molar refractivity (Wildman–Crippen MR) is 87.6 cm³/mol. The Hall–Kier alpha value is -1.88. The monoisotopic (exact) mass is 351 g/mol. The molecule has 0 aliphatic rings. The molecule has 21 heavy (non-hydrogen) atoms. The van der Waals surface area contributed by atoms with Crippen LogP contribution in [0.2, 0.25) is 0 Å². The molecule has 0 aliphatic carbocycles. The van der Waals surface area contributed by atoms with E-state index >= 15 is 0 Å². The highest BCUT2D eigenvalue weighted by Crippen LogP contribution is 2.30. The van der Waals surface area contributed by atoms with E-state index in [9.17, 15) is 0 Å². The highest BCUT2D eigenvalue weighted by molar-refractivity contribution is 9.10. The van der Waals surface area contributed by atoms with E-state index in [1.54, 1.807) is 21.3 Å². The molecule has 0 radical (unpaired) electrons. The number of methoxy groups -OCH3 is 3. The number of hydrogen-bond acceptors (Lipinski definition) is 4. The summed E-state index contributed by atoms with van der Waals surface area (Å²) in [7, 11) is 4.96. The molecule has 2 rings (SSSR count). The number of ether oxygens (including phenoxy) is 3. The van der Waals surface area contributed by atoms with E-state index in [0.29, 0.717) is 6.54 Å². The van der Waals surface area contributed by atoms with Gasteiger partial charge in [0.2, 0.25) is 0 Å². The highest BCUT2D eigenvalue weighted by atomic mass is 79.9.